The van der Waals surface area contributed by atoms with Gasteiger partial charge in [0.1, 0.15) is 0 Å². The highest BCUT2D eigenvalue weighted by molar-refractivity contribution is 5.90. The van der Waals surface area contributed by atoms with Crippen LogP contribution < -0.4 is 16.0 Å². The molecule has 1 saturated heterocycles. The van der Waals surface area contributed by atoms with Crippen LogP contribution in [0.15, 0.2) is 30.3 Å². The molecule has 0 aromatic heterocycles. The molecule has 2 atom stereocenters. The third-order valence-electron chi connectivity index (χ3n) is 4.18. The topological polar surface area (TPSA) is 73.5 Å². The van der Waals surface area contributed by atoms with Crippen molar-refractivity contribution >= 4 is 17.6 Å². The van der Waals surface area contributed by atoms with Gasteiger partial charge in [0.05, 0.1) is 5.92 Å². The maximum atomic E-state index is 12.3. The van der Waals surface area contributed by atoms with Crippen LogP contribution in [-0.4, -0.2) is 49.6 Å². The maximum Gasteiger partial charge on any atom is 0.321 e. The summed E-state index contributed by atoms with van der Waals surface area (Å²) in [5.41, 5.74) is 0.770. The number of para-hydroxylation sites is 1. The monoisotopic (exact) mass is 318 g/mol. The molecular weight excluding hydrogens is 292 g/mol. The second kappa shape index (κ2) is 8.53. The Bertz CT molecular complexity index is 521. The summed E-state index contributed by atoms with van der Waals surface area (Å²) in [6.45, 7) is 3.77. The average Bonchev–Trinajstić information content (AvgIpc) is 2.60. The van der Waals surface area contributed by atoms with E-state index >= 15 is 0 Å². The van der Waals surface area contributed by atoms with Crippen LogP contribution in [0.1, 0.15) is 19.8 Å². The molecule has 1 aliphatic heterocycles. The minimum atomic E-state index is -0.141. The SMILES string of the molecule is CNC(C)CNC(=O)C1CCCN(C(=O)Nc2ccccc2)C1. The molecule has 2 unspecified atom stereocenters. The van der Waals surface area contributed by atoms with E-state index in [-0.39, 0.29) is 23.9 Å². The molecule has 0 saturated carbocycles. The number of hydrogen-bond acceptors (Lipinski definition) is 3. The number of amides is 3. The number of nitrogens with zero attached hydrogens (tertiary/aromatic N) is 1. The summed E-state index contributed by atoms with van der Waals surface area (Å²) in [7, 11) is 1.87. The van der Waals surface area contributed by atoms with Gasteiger partial charge in [-0.25, -0.2) is 4.79 Å². The largest absolute Gasteiger partial charge is 0.354 e. The Morgan fingerprint density at radius 3 is 2.74 bits per heavy atom. The molecule has 1 fully saturated rings. The summed E-state index contributed by atoms with van der Waals surface area (Å²) in [6.07, 6.45) is 1.68. The van der Waals surface area contributed by atoms with E-state index in [1.54, 1.807) is 4.90 Å². The molecule has 0 bridgehead atoms. The number of carbonyl (C=O) groups is 2. The standard InChI is InChI=1S/C17H26N4O2/c1-13(18-2)11-19-16(22)14-7-6-10-21(12-14)17(23)20-15-8-4-3-5-9-15/h3-5,8-9,13-14,18H,6-7,10-12H2,1-2H3,(H,19,22)(H,20,23). The van der Waals surface area contributed by atoms with Crippen molar-refractivity contribution < 1.29 is 9.59 Å². The van der Waals surface area contributed by atoms with Crippen molar-refractivity contribution in [3.63, 3.8) is 0 Å². The number of benzene rings is 1. The first kappa shape index (κ1) is 17.3. The smallest absolute Gasteiger partial charge is 0.321 e. The van der Waals surface area contributed by atoms with E-state index in [9.17, 15) is 9.59 Å². The van der Waals surface area contributed by atoms with Gasteiger partial charge in [-0.15, -0.1) is 0 Å². The fourth-order valence-electron chi connectivity index (χ4n) is 2.60. The third kappa shape index (κ3) is 5.25. The first-order valence-corrected chi connectivity index (χ1v) is 8.16. The number of likely N-dealkylation sites (tertiary alicyclic amines) is 1. The van der Waals surface area contributed by atoms with Crippen LogP contribution in [0.4, 0.5) is 10.5 Å². The van der Waals surface area contributed by atoms with Gasteiger partial charge >= 0.3 is 6.03 Å². The van der Waals surface area contributed by atoms with Crippen molar-refractivity contribution in [2.24, 2.45) is 5.92 Å². The van der Waals surface area contributed by atoms with E-state index in [1.165, 1.54) is 0 Å². The lowest BCUT2D eigenvalue weighted by molar-refractivity contribution is -0.126. The van der Waals surface area contributed by atoms with Crippen molar-refractivity contribution in [1.82, 2.24) is 15.5 Å². The lowest BCUT2D eigenvalue weighted by Crippen LogP contribution is -2.48. The molecule has 0 spiro atoms. The number of hydrogen-bond donors (Lipinski definition) is 3. The van der Waals surface area contributed by atoms with Crippen LogP contribution in [0, 0.1) is 5.92 Å². The molecule has 1 aromatic rings. The quantitative estimate of drug-likeness (QED) is 0.773. The highest BCUT2D eigenvalue weighted by Crippen LogP contribution is 2.18. The summed E-state index contributed by atoms with van der Waals surface area (Å²) in [5, 5.41) is 8.92. The summed E-state index contributed by atoms with van der Waals surface area (Å²) in [4.78, 5) is 26.3. The zero-order valence-electron chi connectivity index (χ0n) is 13.8. The second-order valence-corrected chi connectivity index (χ2v) is 6.02. The molecule has 0 aliphatic carbocycles. The predicted octanol–water partition coefficient (Wildman–Crippen LogP) is 1.65. The van der Waals surface area contributed by atoms with E-state index in [4.69, 9.17) is 0 Å². The molecule has 1 aromatic carbocycles. The van der Waals surface area contributed by atoms with Gasteiger partial charge in [0.25, 0.3) is 0 Å². The average molecular weight is 318 g/mol. The molecule has 3 amide bonds. The predicted molar refractivity (Wildman–Crippen MR) is 91.3 cm³/mol. The highest BCUT2D eigenvalue weighted by Gasteiger charge is 2.28. The lowest BCUT2D eigenvalue weighted by atomic mass is 9.97. The van der Waals surface area contributed by atoms with Crippen LogP contribution in [0.3, 0.4) is 0 Å². The molecule has 2 rings (SSSR count). The number of likely N-dealkylation sites (N-methyl/N-ethyl adjacent to an activating group) is 1. The summed E-state index contributed by atoms with van der Waals surface area (Å²) in [6, 6.07) is 9.47. The van der Waals surface area contributed by atoms with Gasteiger partial charge in [-0.1, -0.05) is 18.2 Å². The fourth-order valence-corrected chi connectivity index (χ4v) is 2.60. The number of carbonyl (C=O) groups excluding carboxylic acids is 2. The van der Waals surface area contributed by atoms with E-state index in [0.29, 0.717) is 19.6 Å². The van der Waals surface area contributed by atoms with Gasteiger partial charge in [0.2, 0.25) is 5.91 Å². The summed E-state index contributed by atoms with van der Waals surface area (Å²) >= 11 is 0. The van der Waals surface area contributed by atoms with E-state index in [1.807, 2.05) is 44.3 Å². The Morgan fingerprint density at radius 1 is 1.30 bits per heavy atom. The first-order chi connectivity index (χ1) is 11.1. The Kier molecular flexibility index (Phi) is 6.40. The fraction of sp³-hybridized carbons (Fsp3) is 0.529. The van der Waals surface area contributed by atoms with Crippen LogP contribution in [0.5, 0.6) is 0 Å². The molecule has 1 heterocycles. The van der Waals surface area contributed by atoms with Gasteiger partial charge < -0.3 is 20.9 Å². The number of nitrogens with one attached hydrogen (secondary N) is 3. The number of rotatable bonds is 5. The van der Waals surface area contributed by atoms with Crippen molar-refractivity contribution in [2.75, 3.05) is 32.0 Å². The molecule has 1 aliphatic rings. The Hall–Kier alpha value is -2.08. The highest BCUT2D eigenvalue weighted by atomic mass is 16.2. The first-order valence-electron chi connectivity index (χ1n) is 8.16. The number of anilines is 1. The van der Waals surface area contributed by atoms with Gasteiger partial charge in [0.15, 0.2) is 0 Å². The molecule has 0 radical (unpaired) electrons. The van der Waals surface area contributed by atoms with E-state index in [2.05, 4.69) is 16.0 Å². The van der Waals surface area contributed by atoms with Crippen molar-refractivity contribution in [1.29, 1.82) is 0 Å². The number of urea groups is 1. The molecule has 23 heavy (non-hydrogen) atoms. The Labute approximate surface area is 137 Å². The van der Waals surface area contributed by atoms with Crippen LogP contribution in [0.2, 0.25) is 0 Å². The number of piperidine rings is 1. The summed E-state index contributed by atoms with van der Waals surface area (Å²) in [5.74, 6) is -0.0985. The molecular formula is C17H26N4O2. The maximum absolute atomic E-state index is 12.3. The summed E-state index contributed by atoms with van der Waals surface area (Å²) < 4.78 is 0. The minimum absolute atomic E-state index is 0.0318. The Balaban J connectivity index is 1.85. The third-order valence-corrected chi connectivity index (χ3v) is 4.18. The van der Waals surface area contributed by atoms with Gasteiger partial charge in [-0.05, 0) is 38.9 Å². The van der Waals surface area contributed by atoms with Gasteiger partial charge in [0, 0.05) is 31.4 Å². The van der Waals surface area contributed by atoms with Crippen LogP contribution >= 0.6 is 0 Å². The van der Waals surface area contributed by atoms with Crippen LogP contribution in [-0.2, 0) is 4.79 Å². The zero-order chi connectivity index (χ0) is 16.7. The molecule has 126 valence electrons. The van der Waals surface area contributed by atoms with Gasteiger partial charge in [-0.3, -0.25) is 4.79 Å². The van der Waals surface area contributed by atoms with E-state index < -0.39 is 0 Å². The normalized spacial score (nSPS) is 19.0. The van der Waals surface area contributed by atoms with E-state index in [0.717, 1.165) is 18.5 Å². The Morgan fingerprint density at radius 2 is 2.04 bits per heavy atom. The van der Waals surface area contributed by atoms with Crippen molar-refractivity contribution in [3.8, 4) is 0 Å². The van der Waals surface area contributed by atoms with Gasteiger partial charge in [-0.2, -0.15) is 0 Å². The van der Waals surface area contributed by atoms with Crippen molar-refractivity contribution in [3.05, 3.63) is 30.3 Å². The second-order valence-electron chi connectivity index (χ2n) is 6.02. The molecule has 6 heteroatoms. The molecule has 3 N–H and O–H groups in total. The van der Waals surface area contributed by atoms with Crippen LogP contribution in [0.25, 0.3) is 0 Å². The molecule has 6 nitrogen and oxygen atoms in total. The zero-order valence-corrected chi connectivity index (χ0v) is 13.8. The lowest BCUT2D eigenvalue weighted by Gasteiger charge is -2.32. The minimum Gasteiger partial charge on any atom is -0.354 e. The van der Waals surface area contributed by atoms with Crippen molar-refractivity contribution in [2.45, 2.75) is 25.8 Å².